The van der Waals surface area contributed by atoms with Crippen LogP contribution in [-0.4, -0.2) is 32.9 Å². The molecule has 0 fully saturated rings. The number of ether oxygens (including phenoxy) is 1. The van der Waals surface area contributed by atoms with Crippen molar-refractivity contribution in [2.75, 3.05) is 17.7 Å². The van der Waals surface area contributed by atoms with E-state index in [4.69, 9.17) is 4.74 Å². The third kappa shape index (κ3) is 3.80. The van der Waals surface area contributed by atoms with Gasteiger partial charge in [-0.05, 0) is 31.0 Å². The first kappa shape index (κ1) is 19.3. The largest absolute Gasteiger partial charge is 0.504 e. The van der Waals surface area contributed by atoms with E-state index in [-0.39, 0.29) is 23.6 Å². The molecule has 2 aromatic rings. The van der Waals surface area contributed by atoms with Crippen molar-refractivity contribution in [3.8, 4) is 11.5 Å². The maximum absolute atomic E-state index is 12.8. The molecule has 1 aliphatic heterocycles. The van der Waals surface area contributed by atoms with E-state index in [9.17, 15) is 14.7 Å². The van der Waals surface area contributed by atoms with Crippen molar-refractivity contribution in [2.24, 2.45) is 7.05 Å². The molecule has 0 unspecified atom stereocenters. The van der Waals surface area contributed by atoms with Crippen molar-refractivity contribution < 1.29 is 14.6 Å². The van der Waals surface area contributed by atoms with Crippen molar-refractivity contribution in [1.29, 1.82) is 0 Å². The van der Waals surface area contributed by atoms with Crippen LogP contribution in [-0.2, 0) is 11.8 Å². The zero-order valence-corrected chi connectivity index (χ0v) is 16.4. The molecule has 2 N–H and O–H groups in total. The molecular weight excluding hydrogens is 366 g/mol. The average molecular weight is 389 g/mol. The Morgan fingerprint density at radius 2 is 2.15 bits per heavy atom. The number of carbonyl (C=O) groups excluding carboxylic acids is 1. The smallest absolute Gasteiger partial charge is 0.279 e. The van der Waals surface area contributed by atoms with Gasteiger partial charge in [-0.2, -0.15) is 4.98 Å². The number of benzene rings is 1. The Labute approximate surface area is 161 Å². The number of rotatable bonds is 6. The number of phenols is 1. The van der Waals surface area contributed by atoms with Gasteiger partial charge in [-0.15, -0.1) is 0 Å². The molecule has 1 atom stereocenters. The number of phenolic OH excluding ortho intramolecular Hbond substituents is 1. The number of nitrogens with zero attached hydrogens (tertiary/aromatic N) is 2. The normalized spacial score (nSPS) is 16.0. The molecule has 0 radical (unpaired) electrons. The van der Waals surface area contributed by atoms with Gasteiger partial charge in [0.05, 0.1) is 12.2 Å². The number of anilines is 1. The van der Waals surface area contributed by atoms with Crippen LogP contribution in [0.1, 0.15) is 43.7 Å². The zero-order valence-electron chi connectivity index (χ0n) is 15.6. The molecule has 0 saturated heterocycles. The van der Waals surface area contributed by atoms with Crippen molar-refractivity contribution in [2.45, 2.75) is 37.8 Å². The minimum atomic E-state index is -0.440. The Morgan fingerprint density at radius 3 is 2.85 bits per heavy atom. The molecule has 7 nitrogen and oxygen atoms in total. The fourth-order valence-corrected chi connectivity index (χ4v) is 3.98. The third-order valence-corrected chi connectivity index (χ3v) is 5.66. The average Bonchev–Trinajstić information content (AvgIpc) is 2.64. The summed E-state index contributed by atoms with van der Waals surface area (Å²) in [6.45, 7) is 4.28. The van der Waals surface area contributed by atoms with Crippen LogP contribution in [0.15, 0.2) is 28.2 Å². The molecule has 2 heterocycles. The fraction of sp³-hybridized carbons (Fsp3) is 0.421. The number of aromatic hydroxyl groups is 1. The van der Waals surface area contributed by atoms with Crippen LogP contribution in [0.3, 0.4) is 0 Å². The highest BCUT2D eigenvalue weighted by atomic mass is 32.2. The SMILES string of the molecule is CCCSc1nc(=O)c2c(n1C)NC(=O)C[C@@H]2c1ccc(O)c(OCC)c1. The minimum Gasteiger partial charge on any atom is -0.504 e. The molecule has 8 heteroatoms. The number of nitrogens with one attached hydrogen (secondary N) is 1. The van der Waals surface area contributed by atoms with Crippen molar-refractivity contribution in [3.05, 3.63) is 39.7 Å². The Morgan fingerprint density at radius 1 is 1.37 bits per heavy atom. The van der Waals surface area contributed by atoms with E-state index in [1.807, 2.05) is 6.92 Å². The van der Waals surface area contributed by atoms with Gasteiger partial charge in [0.2, 0.25) is 5.91 Å². The molecule has 0 spiro atoms. The summed E-state index contributed by atoms with van der Waals surface area (Å²) in [6.07, 6.45) is 1.10. The van der Waals surface area contributed by atoms with Gasteiger partial charge in [-0.25, -0.2) is 0 Å². The molecule has 144 valence electrons. The second-order valence-electron chi connectivity index (χ2n) is 6.33. The van der Waals surface area contributed by atoms with Crippen molar-refractivity contribution >= 4 is 23.5 Å². The molecule has 1 aromatic carbocycles. The predicted molar refractivity (Wildman–Crippen MR) is 105 cm³/mol. The van der Waals surface area contributed by atoms with Crippen LogP contribution in [0.25, 0.3) is 0 Å². The fourth-order valence-electron chi connectivity index (χ4n) is 3.16. The molecule has 1 aromatic heterocycles. The lowest BCUT2D eigenvalue weighted by Crippen LogP contribution is -2.33. The number of aromatic nitrogens is 2. The maximum atomic E-state index is 12.8. The van der Waals surface area contributed by atoms with Gasteiger partial charge >= 0.3 is 0 Å². The van der Waals surface area contributed by atoms with Gasteiger partial charge in [0.25, 0.3) is 5.56 Å². The first-order valence-electron chi connectivity index (χ1n) is 8.95. The highest BCUT2D eigenvalue weighted by Gasteiger charge is 2.32. The van der Waals surface area contributed by atoms with E-state index < -0.39 is 5.92 Å². The van der Waals surface area contributed by atoms with E-state index in [1.54, 1.807) is 23.7 Å². The van der Waals surface area contributed by atoms with Crippen molar-refractivity contribution in [3.63, 3.8) is 0 Å². The van der Waals surface area contributed by atoms with Gasteiger partial charge in [0.1, 0.15) is 5.82 Å². The number of thioether (sulfide) groups is 1. The quantitative estimate of drug-likeness (QED) is 0.583. The van der Waals surface area contributed by atoms with Gasteiger partial charge in [0, 0.05) is 25.1 Å². The van der Waals surface area contributed by atoms with Crippen molar-refractivity contribution in [1.82, 2.24) is 9.55 Å². The van der Waals surface area contributed by atoms with E-state index in [0.717, 1.165) is 17.7 Å². The molecular formula is C19H23N3O4S. The lowest BCUT2D eigenvalue weighted by molar-refractivity contribution is -0.116. The standard InChI is InChI=1S/C19H23N3O4S/c1-4-8-27-19-21-18(25)16-12(10-15(24)20-17(16)22(19)3)11-6-7-13(23)14(9-11)26-5-2/h6-7,9,12,23H,4-5,8,10H2,1-3H3,(H,20,24)/t12-/m1/s1. The lowest BCUT2D eigenvalue weighted by Gasteiger charge is -2.27. The Kier molecular flexibility index (Phi) is 5.74. The number of amides is 1. The summed E-state index contributed by atoms with van der Waals surface area (Å²) in [5.74, 6) is 1.09. The summed E-state index contributed by atoms with van der Waals surface area (Å²) in [6, 6.07) is 4.92. The number of hydrogen-bond acceptors (Lipinski definition) is 6. The summed E-state index contributed by atoms with van der Waals surface area (Å²) in [5.41, 5.74) is 0.865. The Hall–Kier alpha value is -2.48. The first-order chi connectivity index (χ1) is 13.0. The lowest BCUT2D eigenvalue weighted by atomic mass is 9.86. The molecule has 1 amide bonds. The van der Waals surface area contributed by atoms with Crippen LogP contribution in [0.5, 0.6) is 11.5 Å². The van der Waals surface area contributed by atoms with Crippen LogP contribution < -0.4 is 15.6 Å². The Balaban J connectivity index is 2.11. The minimum absolute atomic E-state index is 0.0263. The second kappa shape index (κ2) is 8.04. The summed E-state index contributed by atoms with van der Waals surface area (Å²) in [7, 11) is 1.80. The maximum Gasteiger partial charge on any atom is 0.279 e. The van der Waals surface area contributed by atoms with Gasteiger partial charge in [-0.3, -0.25) is 9.59 Å². The highest BCUT2D eigenvalue weighted by Crippen LogP contribution is 2.38. The third-order valence-electron chi connectivity index (χ3n) is 4.42. The monoisotopic (exact) mass is 389 g/mol. The van der Waals surface area contributed by atoms with E-state index in [2.05, 4.69) is 17.2 Å². The van der Waals surface area contributed by atoms with Gasteiger partial charge < -0.3 is 19.7 Å². The second-order valence-corrected chi connectivity index (χ2v) is 7.40. The molecule has 0 aliphatic carbocycles. The van der Waals surface area contributed by atoms with E-state index >= 15 is 0 Å². The first-order valence-corrected chi connectivity index (χ1v) is 9.94. The topological polar surface area (TPSA) is 93.5 Å². The van der Waals surface area contributed by atoms with Crippen LogP contribution in [0.4, 0.5) is 5.82 Å². The summed E-state index contributed by atoms with van der Waals surface area (Å²) >= 11 is 1.49. The van der Waals surface area contributed by atoms with E-state index in [0.29, 0.717) is 28.9 Å². The van der Waals surface area contributed by atoms with Gasteiger partial charge in [0.15, 0.2) is 16.7 Å². The number of fused-ring (bicyclic) bond motifs is 1. The number of carbonyl (C=O) groups is 1. The van der Waals surface area contributed by atoms with Crippen LogP contribution >= 0.6 is 11.8 Å². The highest BCUT2D eigenvalue weighted by molar-refractivity contribution is 7.99. The molecule has 0 saturated carbocycles. The molecule has 0 bridgehead atoms. The van der Waals surface area contributed by atoms with Crippen LogP contribution in [0.2, 0.25) is 0 Å². The van der Waals surface area contributed by atoms with E-state index in [1.165, 1.54) is 17.8 Å². The molecule has 27 heavy (non-hydrogen) atoms. The number of hydrogen-bond donors (Lipinski definition) is 2. The molecule has 3 rings (SSSR count). The summed E-state index contributed by atoms with van der Waals surface area (Å²) in [5, 5.41) is 13.4. The molecule has 1 aliphatic rings. The Bertz CT molecular complexity index is 926. The summed E-state index contributed by atoms with van der Waals surface area (Å²) in [4.78, 5) is 29.4. The zero-order chi connectivity index (χ0) is 19.6. The van der Waals surface area contributed by atoms with Gasteiger partial charge in [-0.1, -0.05) is 24.8 Å². The van der Waals surface area contributed by atoms with Crippen LogP contribution in [0, 0.1) is 0 Å². The summed E-state index contributed by atoms with van der Waals surface area (Å²) < 4.78 is 7.22. The predicted octanol–water partition coefficient (Wildman–Crippen LogP) is 2.86.